The van der Waals surface area contributed by atoms with E-state index in [9.17, 15) is 26.7 Å². The minimum atomic E-state index is -4.64. The third kappa shape index (κ3) is 2.89. The number of pyridine rings is 1. The van der Waals surface area contributed by atoms with Crippen molar-refractivity contribution >= 4 is 11.0 Å². The molecule has 0 saturated heterocycles. The van der Waals surface area contributed by atoms with Crippen LogP contribution in [0.5, 0.6) is 0 Å². The van der Waals surface area contributed by atoms with E-state index in [1.165, 1.54) is 12.1 Å². The Balaban J connectivity index is 2.11. The summed E-state index contributed by atoms with van der Waals surface area (Å²) in [6, 6.07) is 7.47. The molecule has 0 radical (unpaired) electrons. The quantitative estimate of drug-likeness (QED) is 0.681. The number of halogens is 5. The molecule has 0 atom stereocenters. The van der Waals surface area contributed by atoms with Crippen molar-refractivity contribution in [2.24, 2.45) is 0 Å². The lowest BCUT2D eigenvalue weighted by atomic mass is 10.3. The first kappa shape index (κ1) is 16.2. The van der Waals surface area contributed by atoms with Gasteiger partial charge in [-0.25, -0.2) is 4.98 Å². The van der Waals surface area contributed by atoms with Crippen LogP contribution in [-0.4, -0.2) is 14.1 Å². The van der Waals surface area contributed by atoms with Crippen molar-refractivity contribution in [3.05, 3.63) is 64.3 Å². The summed E-state index contributed by atoms with van der Waals surface area (Å²) in [4.78, 5) is 15.8. The van der Waals surface area contributed by atoms with Crippen LogP contribution >= 0.6 is 0 Å². The number of benzene rings is 1. The molecule has 2 heterocycles. The standard InChI is InChI=1S/C15H10F5N3O/c16-14(17)23-11-4-2-1-3-10(11)21-12(23)8-22-7-9(15(18,19)20)5-6-13(22)24/h1-7,14H,8H2. The number of hydrogen-bond donors (Lipinski definition) is 0. The average molecular weight is 343 g/mol. The zero-order chi connectivity index (χ0) is 17.5. The second kappa shape index (κ2) is 5.73. The van der Waals surface area contributed by atoms with Crippen LogP contribution in [0.2, 0.25) is 0 Å². The van der Waals surface area contributed by atoms with Crippen molar-refractivity contribution in [2.45, 2.75) is 19.3 Å². The number of para-hydroxylation sites is 2. The van der Waals surface area contributed by atoms with Gasteiger partial charge in [0.15, 0.2) is 0 Å². The summed E-state index contributed by atoms with van der Waals surface area (Å²) in [5.74, 6) is -0.201. The highest BCUT2D eigenvalue weighted by molar-refractivity contribution is 5.75. The van der Waals surface area contributed by atoms with Crippen LogP contribution in [-0.2, 0) is 12.7 Å². The average Bonchev–Trinajstić information content (AvgIpc) is 2.86. The van der Waals surface area contributed by atoms with Crippen molar-refractivity contribution in [3.63, 3.8) is 0 Å². The fraction of sp³-hybridized carbons (Fsp3) is 0.200. The summed E-state index contributed by atoms with van der Waals surface area (Å²) in [7, 11) is 0. The van der Waals surface area contributed by atoms with Gasteiger partial charge in [-0.2, -0.15) is 22.0 Å². The molecule has 0 spiro atoms. The molecule has 0 N–H and O–H groups in total. The monoisotopic (exact) mass is 343 g/mol. The first-order valence-corrected chi connectivity index (χ1v) is 6.79. The van der Waals surface area contributed by atoms with Gasteiger partial charge in [-0.15, -0.1) is 0 Å². The second-order valence-electron chi connectivity index (χ2n) is 5.05. The maximum Gasteiger partial charge on any atom is 0.417 e. The molecule has 0 bridgehead atoms. The van der Waals surface area contributed by atoms with Crippen LogP contribution in [0.1, 0.15) is 17.9 Å². The maximum absolute atomic E-state index is 13.3. The van der Waals surface area contributed by atoms with Gasteiger partial charge in [0.1, 0.15) is 5.82 Å². The number of nitrogens with zero attached hydrogens (tertiary/aromatic N) is 3. The van der Waals surface area contributed by atoms with E-state index in [4.69, 9.17) is 0 Å². The summed E-state index contributed by atoms with van der Waals surface area (Å²) >= 11 is 0. The van der Waals surface area contributed by atoms with E-state index in [-0.39, 0.29) is 16.9 Å². The number of aromatic nitrogens is 3. The molecule has 0 aliphatic heterocycles. The molecular formula is C15H10F5N3O. The lowest BCUT2D eigenvalue weighted by Gasteiger charge is -2.12. The Morgan fingerprint density at radius 1 is 1.08 bits per heavy atom. The number of hydrogen-bond acceptors (Lipinski definition) is 2. The van der Waals surface area contributed by atoms with Crippen molar-refractivity contribution in [1.29, 1.82) is 0 Å². The Hall–Kier alpha value is -2.71. The minimum absolute atomic E-state index is 0.141. The van der Waals surface area contributed by atoms with E-state index in [1.54, 1.807) is 12.1 Å². The summed E-state index contributed by atoms with van der Waals surface area (Å²) < 4.78 is 66.2. The third-order valence-electron chi connectivity index (χ3n) is 3.49. The number of fused-ring (bicyclic) bond motifs is 1. The molecule has 0 aliphatic carbocycles. The van der Waals surface area contributed by atoms with E-state index < -0.39 is 30.4 Å². The SMILES string of the molecule is O=c1ccc(C(F)(F)F)cn1Cc1nc2ccccc2n1C(F)F. The van der Waals surface area contributed by atoms with Crippen LogP contribution in [0.25, 0.3) is 11.0 Å². The molecule has 0 amide bonds. The molecule has 4 nitrogen and oxygen atoms in total. The third-order valence-corrected chi connectivity index (χ3v) is 3.49. The van der Waals surface area contributed by atoms with Crippen molar-refractivity contribution in [3.8, 4) is 0 Å². The van der Waals surface area contributed by atoms with E-state index in [0.29, 0.717) is 21.4 Å². The van der Waals surface area contributed by atoms with Crippen molar-refractivity contribution < 1.29 is 22.0 Å². The first-order valence-electron chi connectivity index (χ1n) is 6.79. The van der Waals surface area contributed by atoms with Crippen LogP contribution in [0.3, 0.4) is 0 Å². The summed E-state index contributed by atoms with van der Waals surface area (Å²) in [6.07, 6.45) is -4.05. The van der Waals surface area contributed by atoms with Gasteiger partial charge in [0.05, 0.1) is 23.1 Å². The van der Waals surface area contributed by atoms with Gasteiger partial charge in [0.25, 0.3) is 5.56 Å². The van der Waals surface area contributed by atoms with Gasteiger partial charge in [0, 0.05) is 12.3 Å². The highest BCUT2D eigenvalue weighted by Crippen LogP contribution is 2.28. The van der Waals surface area contributed by atoms with Crippen LogP contribution in [0.15, 0.2) is 47.4 Å². The Morgan fingerprint density at radius 3 is 2.46 bits per heavy atom. The number of alkyl halides is 5. The van der Waals surface area contributed by atoms with Gasteiger partial charge in [-0.3, -0.25) is 9.36 Å². The van der Waals surface area contributed by atoms with Gasteiger partial charge < -0.3 is 4.57 Å². The normalized spacial score (nSPS) is 12.2. The smallest absolute Gasteiger partial charge is 0.307 e. The molecule has 3 rings (SSSR count). The lowest BCUT2D eigenvalue weighted by molar-refractivity contribution is -0.138. The lowest BCUT2D eigenvalue weighted by Crippen LogP contribution is -2.23. The van der Waals surface area contributed by atoms with Crippen LogP contribution in [0, 0.1) is 0 Å². The van der Waals surface area contributed by atoms with E-state index >= 15 is 0 Å². The van der Waals surface area contributed by atoms with Crippen LogP contribution in [0.4, 0.5) is 22.0 Å². The molecule has 0 saturated carbocycles. The predicted octanol–water partition coefficient (Wildman–Crippen LogP) is 3.66. The molecule has 3 aromatic rings. The molecule has 0 aliphatic rings. The van der Waals surface area contributed by atoms with Crippen LogP contribution < -0.4 is 5.56 Å². The summed E-state index contributed by atoms with van der Waals surface area (Å²) in [6.45, 7) is -3.43. The largest absolute Gasteiger partial charge is 0.417 e. The fourth-order valence-corrected chi connectivity index (χ4v) is 2.40. The Bertz CT molecular complexity index is 942. The van der Waals surface area contributed by atoms with E-state index in [1.807, 2.05) is 0 Å². The fourth-order valence-electron chi connectivity index (χ4n) is 2.40. The minimum Gasteiger partial charge on any atom is -0.307 e. The topological polar surface area (TPSA) is 39.8 Å². The zero-order valence-electron chi connectivity index (χ0n) is 12.0. The Morgan fingerprint density at radius 2 is 1.79 bits per heavy atom. The van der Waals surface area contributed by atoms with Gasteiger partial charge >= 0.3 is 12.7 Å². The Labute approximate surface area is 131 Å². The van der Waals surface area contributed by atoms with E-state index in [0.717, 1.165) is 6.07 Å². The highest BCUT2D eigenvalue weighted by Gasteiger charge is 2.31. The van der Waals surface area contributed by atoms with Crippen molar-refractivity contribution in [2.75, 3.05) is 0 Å². The maximum atomic E-state index is 13.3. The van der Waals surface area contributed by atoms with Gasteiger partial charge in [0.2, 0.25) is 0 Å². The first-order chi connectivity index (χ1) is 11.3. The highest BCUT2D eigenvalue weighted by atomic mass is 19.4. The summed E-state index contributed by atoms with van der Waals surface area (Å²) in [5.41, 5.74) is -1.37. The predicted molar refractivity (Wildman–Crippen MR) is 75.8 cm³/mol. The number of imidazole rings is 1. The molecule has 0 fully saturated rings. The summed E-state index contributed by atoms with van der Waals surface area (Å²) in [5, 5.41) is 0. The van der Waals surface area contributed by atoms with Crippen molar-refractivity contribution in [1.82, 2.24) is 14.1 Å². The molecule has 126 valence electrons. The molecule has 9 heteroatoms. The molecular weight excluding hydrogens is 333 g/mol. The molecule has 24 heavy (non-hydrogen) atoms. The molecule has 1 aromatic carbocycles. The number of rotatable bonds is 3. The van der Waals surface area contributed by atoms with Gasteiger partial charge in [-0.1, -0.05) is 12.1 Å². The molecule has 2 aromatic heterocycles. The Kier molecular flexibility index (Phi) is 3.86. The zero-order valence-corrected chi connectivity index (χ0v) is 12.0. The van der Waals surface area contributed by atoms with Gasteiger partial charge in [-0.05, 0) is 18.2 Å². The second-order valence-corrected chi connectivity index (χ2v) is 5.05. The van der Waals surface area contributed by atoms with E-state index in [2.05, 4.69) is 4.98 Å². The molecule has 0 unspecified atom stereocenters.